The van der Waals surface area contributed by atoms with E-state index < -0.39 is 10.0 Å². The first kappa shape index (κ1) is 28.5. The second-order valence-electron chi connectivity index (χ2n) is 10.8. The fraction of sp³-hybridized carbons (Fsp3) is 0.267. The van der Waals surface area contributed by atoms with Gasteiger partial charge < -0.3 is 10.4 Å². The number of nitrogens with one attached hydrogen (secondary N) is 1. The second kappa shape index (κ2) is 11.2. The molecule has 43 heavy (non-hydrogen) atoms. The largest absolute Gasteiger partial charge is 0.506 e. The summed E-state index contributed by atoms with van der Waals surface area (Å²) in [6.07, 6.45) is 3.90. The smallest absolute Gasteiger partial charge is 0.264 e. The second-order valence-corrected chi connectivity index (χ2v) is 12.6. The van der Waals surface area contributed by atoms with Crippen molar-refractivity contribution in [2.45, 2.75) is 24.8 Å². The van der Waals surface area contributed by atoms with Gasteiger partial charge in [-0.1, -0.05) is 12.1 Å². The minimum atomic E-state index is -3.99. The zero-order valence-electron chi connectivity index (χ0n) is 23.6. The molecule has 5 aromatic rings. The molecule has 13 heteroatoms. The van der Waals surface area contributed by atoms with Crippen LogP contribution < -0.4 is 5.32 Å². The summed E-state index contributed by atoms with van der Waals surface area (Å²) in [6.45, 7) is 2.27. The molecule has 0 unspecified atom stereocenters. The van der Waals surface area contributed by atoms with E-state index in [9.17, 15) is 22.7 Å². The number of halogens is 1. The third-order valence-electron chi connectivity index (χ3n) is 7.77. The van der Waals surface area contributed by atoms with Crippen LogP contribution in [0, 0.1) is 24.6 Å². The maximum absolute atomic E-state index is 13.7. The van der Waals surface area contributed by atoms with Gasteiger partial charge in [-0.15, -0.1) is 5.10 Å². The van der Waals surface area contributed by atoms with Crippen molar-refractivity contribution in [3.8, 4) is 11.4 Å². The molecule has 0 radical (unpaired) electrons. The molecule has 2 aromatic heterocycles. The number of aromatic nitrogens is 5. The SMILES string of the molecule is Cc1cc2c(cnn2-c2ccc(F)cc2)cc1CCN(C[C@H]1C[C@@H]1C(=O)Nc1ccccc1O)S(=O)(=O)c1cnn(C)n1. The third kappa shape index (κ3) is 5.86. The Labute approximate surface area is 247 Å². The summed E-state index contributed by atoms with van der Waals surface area (Å²) in [5.74, 6) is -1.18. The number of sulfonamides is 1. The average molecular weight is 604 g/mol. The van der Waals surface area contributed by atoms with Crippen LogP contribution in [0.5, 0.6) is 5.75 Å². The number of anilines is 1. The van der Waals surface area contributed by atoms with Crippen LogP contribution in [0.2, 0.25) is 0 Å². The van der Waals surface area contributed by atoms with Crippen LogP contribution in [0.1, 0.15) is 17.5 Å². The van der Waals surface area contributed by atoms with E-state index in [-0.39, 0.29) is 47.4 Å². The highest BCUT2D eigenvalue weighted by Crippen LogP contribution is 2.41. The van der Waals surface area contributed by atoms with Gasteiger partial charge in [0.05, 0.1) is 29.3 Å². The molecule has 11 nitrogen and oxygen atoms in total. The number of rotatable bonds is 10. The topological polar surface area (TPSA) is 135 Å². The number of hydrogen-bond donors (Lipinski definition) is 2. The molecular weight excluding hydrogens is 573 g/mol. The summed E-state index contributed by atoms with van der Waals surface area (Å²) >= 11 is 0. The van der Waals surface area contributed by atoms with E-state index in [0.29, 0.717) is 18.5 Å². The monoisotopic (exact) mass is 603 g/mol. The summed E-state index contributed by atoms with van der Waals surface area (Å²) in [5, 5.41) is 25.9. The zero-order chi connectivity index (χ0) is 30.3. The van der Waals surface area contributed by atoms with E-state index in [0.717, 1.165) is 27.7 Å². The molecule has 1 amide bonds. The number of benzene rings is 3. The lowest BCUT2D eigenvalue weighted by Crippen LogP contribution is -2.36. The number of aromatic hydroxyl groups is 1. The number of phenolic OH excluding ortho intramolecular Hbond substituents is 1. The molecular formula is C30H30FN7O4S. The number of amides is 1. The van der Waals surface area contributed by atoms with Gasteiger partial charge in [-0.2, -0.15) is 19.3 Å². The molecule has 1 fully saturated rings. The highest BCUT2D eigenvalue weighted by molar-refractivity contribution is 7.89. The van der Waals surface area contributed by atoms with Gasteiger partial charge in [0.15, 0.2) is 0 Å². The molecule has 2 atom stereocenters. The number of fused-ring (bicyclic) bond motifs is 1. The van der Waals surface area contributed by atoms with Gasteiger partial charge in [0.25, 0.3) is 10.0 Å². The van der Waals surface area contributed by atoms with Crippen molar-refractivity contribution in [3.05, 3.63) is 90.0 Å². The molecule has 0 saturated heterocycles. The van der Waals surface area contributed by atoms with Gasteiger partial charge in [-0.05, 0) is 85.3 Å². The molecule has 1 saturated carbocycles. The maximum Gasteiger partial charge on any atom is 0.264 e. The van der Waals surface area contributed by atoms with Crippen molar-refractivity contribution in [1.82, 2.24) is 29.1 Å². The van der Waals surface area contributed by atoms with E-state index >= 15 is 0 Å². The van der Waals surface area contributed by atoms with Crippen molar-refractivity contribution in [3.63, 3.8) is 0 Å². The van der Waals surface area contributed by atoms with Crippen LogP contribution in [-0.4, -0.2) is 61.6 Å². The average Bonchev–Trinajstić information content (AvgIpc) is 3.42. The van der Waals surface area contributed by atoms with E-state index in [1.165, 1.54) is 33.5 Å². The summed E-state index contributed by atoms with van der Waals surface area (Å²) in [5.41, 5.74) is 3.81. The lowest BCUT2D eigenvalue weighted by Gasteiger charge is -2.21. The lowest BCUT2D eigenvalue weighted by atomic mass is 10.0. The highest BCUT2D eigenvalue weighted by atomic mass is 32.2. The Morgan fingerprint density at radius 1 is 1.12 bits per heavy atom. The molecule has 0 bridgehead atoms. The Hall–Kier alpha value is -4.62. The summed E-state index contributed by atoms with van der Waals surface area (Å²) in [6, 6.07) is 16.5. The number of aryl methyl sites for hydroxylation is 2. The standard InChI is InChI=1S/C30H30FN7O4S/c1-19-13-27-21(16-33-38(27)24-9-7-23(31)8-10-24)14-20(19)11-12-37(43(41,42)29-17-32-36(2)35-29)18-22-15-25(22)30(40)34-26-5-3-4-6-28(26)39/h3-10,13-14,16-17,22,25,39H,11-12,15,18H2,1-2H3,(H,34,40)/t22-,25+/m1/s1. The molecule has 1 aliphatic carbocycles. The van der Waals surface area contributed by atoms with Gasteiger partial charge in [0.2, 0.25) is 10.9 Å². The highest BCUT2D eigenvalue weighted by Gasteiger charge is 2.46. The van der Waals surface area contributed by atoms with Crippen molar-refractivity contribution in [2.75, 3.05) is 18.4 Å². The van der Waals surface area contributed by atoms with Crippen LogP contribution in [0.4, 0.5) is 10.1 Å². The summed E-state index contributed by atoms with van der Waals surface area (Å²) in [7, 11) is -2.44. The molecule has 2 N–H and O–H groups in total. The molecule has 0 aliphatic heterocycles. The van der Waals surface area contributed by atoms with E-state index in [2.05, 4.69) is 20.6 Å². The first-order chi connectivity index (χ1) is 20.6. The number of phenols is 1. The van der Waals surface area contributed by atoms with Crippen LogP contribution in [0.25, 0.3) is 16.6 Å². The Kier molecular flexibility index (Phi) is 7.44. The number of nitrogens with zero attached hydrogens (tertiary/aromatic N) is 6. The molecule has 0 spiro atoms. The van der Waals surface area contributed by atoms with Crippen molar-refractivity contribution in [1.29, 1.82) is 0 Å². The van der Waals surface area contributed by atoms with Crippen LogP contribution in [-0.2, 0) is 28.3 Å². The first-order valence-corrected chi connectivity index (χ1v) is 15.2. The fourth-order valence-corrected chi connectivity index (χ4v) is 6.64. The van der Waals surface area contributed by atoms with Crippen LogP contribution >= 0.6 is 0 Å². The summed E-state index contributed by atoms with van der Waals surface area (Å²) < 4.78 is 43.9. The minimum absolute atomic E-state index is 0.0320. The quantitative estimate of drug-likeness (QED) is 0.232. The minimum Gasteiger partial charge on any atom is -0.506 e. The normalized spacial score (nSPS) is 16.6. The van der Waals surface area contributed by atoms with Crippen LogP contribution in [0.15, 0.2) is 78.1 Å². The van der Waals surface area contributed by atoms with Gasteiger partial charge >= 0.3 is 0 Å². The van der Waals surface area contributed by atoms with Gasteiger partial charge in [0.1, 0.15) is 11.6 Å². The van der Waals surface area contributed by atoms with E-state index in [1.807, 2.05) is 19.1 Å². The van der Waals surface area contributed by atoms with Gasteiger partial charge in [-0.25, -0.2) is 17.5 Å². The third-order valence-corrected chi connectivity index (χ3v) is 9.50. The molecule has 3 aromatic carbocycles. The number of carbonyl (C=O) groups is 1. The van der Waals surface area contributed by atoms with Crippen molar-refractivity contribution in [2.24, 2.45) is 18.9 Å². The fourth-order valence-electron chi connectivity index (χ4n) is 5.25. The van der Waals surface area contributed by atoms with Crippen molar-refractivity contribution < 1.29 is 22.7 Å². The summed E-state index contributed by atoms with van der Waals surface area (Å²) in [4.78, 5) is 14.1. The first-order valence-electron chi connectivity index (χ1n) is 13.8. The van der Waals surface area contributed by atoms with Gasteiger partial charge in [0, 0.05) is 31.4 Å². The molecule has 222 valence electrons. The van der Waals surface area contributed by atoms with Gasteiger partial charge in [-0.3, -0.25) is 4.79 Å². The van der Waals surface area contributed by atoms with Crippen molar-refractivity contribution >= 4 is 32.5 Å². The Bertz CT molecular complexity index is 1920. The predicted molar refractivity (Wildman–Crippen MR) is 158 cm³/mol. The van der Waals surface area contributed by atoms with Crippen LogP contribution in [0.3, 0.4) is 0 Å². The number of hydrogen-bond acceptors (Lipinski definition) is 7. The Balaban J connectivity index is 1.21. The molecule has 2 heterocycles. The van der Waals surface area contributed by atoms with E-state index in [1.54, 1.807) is 48.3 Å². The van der Waals surface area contributed by atoms with E-state index in [4.69, 9.17) is 0 Å². The molecule has 1 aliphatic rings. The number of para-hydroxylation sites is 2. The number of carbonyl (C=O) groups excluding carboxylic acids is 1. The zero-order valence-corrected chi connectivity index (χ0v) is 24.4. The maximum atomic E-state index is 13.7. The predicted octanol–water partition coefficient (Wildman–Crippen LogP) is 3.82. The Morgan fingerprint density at radius 3 is 2.60 bits per heavy atom. The Morgan fingerprint density at radius 2 is 1.88 bits per heavy atom. The molecule has 6 rings (SSSR count). The lowest BCUT2D eigenvalue weighted by molar-refractivity contribution is -0.117.